The number of ether oxygens (including phenoxy) is 3. The molecule has 0 aromatic heterocycles. The molecular formula is C17H22N2O4S. The number of hydrogen-bond acceptors (Lipinski definition) is 5. The van der Waals surface area contributed by atoms with Crippen molar-refractivity contribution < 1.29 is 19.0 Å². The molecule has 1 fully saturated rings. The van der Waals surface area contributed by atoms with E-state index in [1.54, 1.807) is 37.3 Å². The van der Waals surface area contributed by atoms with Gasteiger partial charge in [-0.2, -0.15) is 0 Å². The highest BCUT2D eigenvalue weighted by Gasteiger charge is 2.30. The first-order valence-electron chi connectivity index (χ1n) is 7.70. The van der Waals surface area contributed by atoms with Crippen molar-refractivity contribution in [1.82, 2.24) is 10.2 Å². The summed E-state index contributed by atoms with van der Waals surface area (Å²) in [5.74, 6) is 1.40. The van der Waals surface area contributed by atoms with Crippen LogP contribution in [0.25, 0.3) is 6.08 Å². The van der Waals surface area contributed by atoms with Crippen LogP contribution in [-0.4, -0.2) is 43.8 Å². The van der Waals surface area contributed by atoms with Crippen molar-refractivity contribution in [3.8, 4) is 17.2 Å². The molecule has 1 aliphatic heterocycles. The van der Waals surface area contributed by atoms with E-state index < -0.39 is 0 Å². The molecule has 0 radical (unpaired) electrons. The van der Waals surface area contributed by atoms with Gasteiger partial charge in [0.05, 0.1) is 21.3 Å². The number of amides is 1. The SMILES string of the molecule is CCCCN1C(=O)/C(=C\c2ccc(OC)c(OC)c2OC)NC1=S. The molecule has 0 unspecified atom stereocenters. The first kappa shape index (κ1) is 18.1. The van der Waals surface area contributed by atoms with Gasteiger partial charge in [0.15, 0.2) is 16.6 Å². The molecule has 0 bridgehead atoms. The van der Waals surface area contributed by atoms with Gasteiger partial charge < -0.3 is 19.5 Å². The van der Waals surface area contributed by atoms with Gasteiger partial charge in [-0.3, -0.25) is 9.69 Å². The van der Waals surface area contributed by atoms with Gasteiger partial charge in [-0.05, 0) is 36.8 Å². The third-order valence-electron chi connectivity index (χ3n) is 3.73. The molecule has 1 saturated heterocycles. The molecule has 1 heterocycles. The maximum atomic E-state index is 12.5. The number of unbranched alkanes of at least 4 members (excludes halogenated alkanes) is 1. The second kappa shape index (κ2) is 8.01. The van der Waals surface area contributed by atoms with Crippen molar-refractivity contribution in [2.45, 2.75) is 19.8 Å². The van der Waals surface area contributed by atoms with Crippen LogP contribution in [0.3, 0.4) is 0 Å². The lowest BCUT2D eigenvalue weighted by molar-refractivity contribution is -0.122. The predicted octanol–water partition coefficient (Wildman–Crippen LogP) is 2.57. The lowest BCUT2D eigenvalue weighted by Gasteiger charge is -2.14. The number of hydrogen-bond donors (Lipinski definition) is 1. The van der Waals surface area contributed by atoms with Crippen LogP contribution >= 0.6 is 12.2 Å². The van der Waals surface area contributed by atoms with E-state index in [0.717, 1.165) is 12.8 Å². The Hall–Kier alpha value is -2.28. The molecule has 0 spiro atoms. The highest BCUT2D eigenvalue weighted by Crippen LogP contribution is 2.40. The van der Waals surface area contributed by atoms with Crippen molar-refractivity contribution in [3.63, 3.8) is 0 Å². The Labute approximate surface area is 147 Å². The van der Waals surface area contributed by atoms with E-state index >= 15 is 0 Å². The second-order valence-corrected chi connectivity index (χ2v) is 5.61. The molecule has 24 heavy (non-hydrogen) atoms. The smallest absolute Gasteiger partial charge is 0.276 e. The van der Waals surface area contributed by atoms with Crippen LogP contribution < -0.4 is 19.5 Å². The average Bonchev–Trinajstić information content (AvgIpc) is 2.85. The first-order chi connectivity index (χ1) is 11.6. The summed E-state index contributed by atoms with van der Waals surface area (Å²) in [6.07, 6.45) is 3.61. The first-order valence-corrected chi connectivity index (χ1v) is 8.11. The highest BCUT2D eigenvalue weighted by atomic mass is 32.1. The number of rotatable bonds is 7. The lowest BCUT2D eigenvalue weighted by Crippen LogP contribution is -2.31. The van der Waals surface area contributed by atoms with Crippen LogP contribution in [0.1, 0.15) is 25.3 Å². The molecular weight excluding hydrogens is 328 g/mol. The Kier molecular flexibility index (Phi) is 6.03. The third-order valence-corrected chi connectivity index (χ3v) is 4.05. The van der Waals surface area contributed by atoms with E-state index in [9.17, 15) is 4.79 Å². The number of thiocarbonyl (C=S) groups is 1. The normalized spacial score (nSPS) is 15.7. The Bertz CT molecular complexity index is 673. The molecule has 0 atom stereocenters. The summed E-state index contributed by atoms with van der Waals surface area (Å²) in [7, 11) is 4.64. The number of benzene rings is 1. The summed E-state index contributed by atoms with van der Waals surface area (Å²) in [6, 6.07) is 3.57. The van der Waals surface area contributed by atoms with Gasteiger partial charge in [0.2, 0.25) is 5.75 Å². The van der Waals surface area contributed by atoms with E-state index in [1.807, 2.05) is 0 Å². The van der Waals surface area contributed by atoms with Gasteiger partial charge in [-0.15, -0.1) is 0 Å². The molecule has 6 nitrogen and oxygen atoms in total. The number of methoxy groups -OCH3 is 3. The fourth-order valence-corrected chi connectivity index (χ4v) is 2.77. The van der Waals surface area contributed by atoms with Crippen LogP contribution in [0, 0.1) is 0 Å². The Morgan fingerprint density at radius 2 is 1.88 bits per heavy atom. The number of carbonyl (C=O) groups is 1. The third kappa shape index (κ3) is 3.46. The fraction of sp³-hybridized carbons (Fsp3) is 0.412. The Balaban J connectivity index is 2.38. The average molecular weight is 350 g/mol. The van der Waals surface area contributed by atoms with E-state index in [-0.39, 0.29) is 5.91 Å². The fourth-order valence-electron chi connectivity index (χ4n) is 2.48. The van der Waals surface area contributed by atoms with Gasteiger partial charge in [0.1, 0.15) is 5.70 Å². The molecule has 1 N–H and O–H groups in total. The zero-order valence-electron chi connectivity index (χ0n) is 14.3. The van der Waals surface area contributed by atoms with Gasteiger partial charge >= 0.3 is 0 Å². The van der Waals surface area contributed by atoms with Gasteiger partial charge in [-0.1, -0.05) is 13.3 Å². The minimum absolute atomic E-state index is 0.134. The van der Waals surface area contributed by atoms with Gasteiger partial charge in [0.25, 0.3) is 5.91 Å². The number of carbonyl (C=O) groups excluding carboxylic acids is 1. The Morgan fingerprint density at radius 1 is 1.17 bits per heavy atom. The molecule has 0 aliphatic carbocycles. The van der Waals surface area contributed by atoms with Crippen LogP contribution in [0.15, 0.2) is 17.8 Å². The monoisotopic (exact) mass is 350 g/mol. The molecule has 1 aromatic carbocycles. The summed E-state index contributed by atoms with van der Waals surface area (Å²) < 4.78 is 16.1. The van der Waals surface area contributed by atoms with E-state index in [0.29, 0.717) is 40.2 Å². The van der Waals surface area contributed by atoms with Crippen LogP contribution in [0.5, 0.6) is 17.2 Å². The minimum Gasteiger partial charge on any atom is -0.493 e. The summed E-state index contributed by atoms with van der Waals surface area (Å²) >= 11 is 5.25. The van der Waals surface area contributed by atoms with Crippen molar-refractivity contribution in [2.24, 2.45) is 0 Å². The largest absolute Gasteiger partial charge is 0.493 e. The molecule has 0 saturated carbocycles. The molecule has 2 rings (SSSR count). The molecule has 1 amide bonds. The van der Waals surface area contributed by atoms with Crippen molar-refractivity contribution in [1.29, 1.82) is 0 Å². The molecule has 1 aromatic rings. The minimum atomic E-state index is -0.134. The summed E-state index contributed by atoms with van der Waals surface area (Å²) in [4.78, 5) is 14.1. The van der Waals surface area contributed by atoms with Crippen molar-refractivity contribution >= 4 is 29.3 Å². The van der Waals surface area contributed by atoms with E-state index in [4.69, 9.17) is 26.4 Å². The highest BCUT2D eigenvalue weighted by molar-refractivity contribution is 7.80. The quantitative estimate of drug-likeness (QED) is 0.602. The topological polar surface area (TPSA) is 60.0 Å². The van der Waals surface area contributed by atoms with Gasteiger partial charge in [0, 0.05) is 12.1 Å². The standard InChI is InChI=1S/C17H22N2O4S/c1-5-6-9-19-16(20)12(18-17(19)24)10-11-7-8-13(21-2)15(23-4)14(11)22-3/h7-8,10H,5-6,9H2,1-4H3,(H,18,24)/b12-10+. The van der Waals surface area contributed by atoms with E-state index in [2.05, 4.69) is 12.2 Å². The number of nitrogens with one attached hydrogen (secondary N) is 1. The van der Waals surface area contributed by atoms with Gasteiger partial charge in [-0.25, -0.2) is 0 Å². The molecule has 130 valence electrons. The van der Waals surface area contributed by atoms with Crippen LogP contribution in [-0.2, 0) is 4.79 Å². The summed E-state index contributed by atoms with van der Waals surface area (Å²) in [5, 5.41) is 3.40. The summed E-state index contributed by atoms with van der Waals surface area (Å²) in [5.41, 5.74) is 1.12. The van der Waals surface area contributed by atoms with Crippen molar-refractivity contribution in [2.75, 3.05) is 27.9 Å². The lowest BCUT2D eigenvalue weighted by atomic mass is 10.1. The zero-order valence-corrected chi connectivity index (χ0v) is 15.2. The predicted molar refractivity (Wildman–Crippen MR) is 96.4 cm³/mol. The number of nitrogens with zero attached hydrogens (tertiary/aromatic N) is 1. The maximum absolute atomic E-state index is 12.5. The second-order valence-electron chi connectivity index (χ2n) is 5.22. The molecule has 1 aliphatic rings. The van der Waals surface area contributed by atoms with Crippen LogP contribution in [0.4, 0.5) is 0 Å². The van der Waals surface area contributed by atoms with Crippen molar-refractivity contribution in [3.05, 3.63) is 23.4 Å². The summed E-state index contributed by atoms with van der Waals surface area (Å²) in [6.45, 7) is 2.68. The molecule has 7 heteroatoms. The Morgan fingerprint density at radius 3 is 2.46 bits per heavy atom. The van der Waals surface area contributed by atoms with Crippen LogP contribution in [0.2, 0.25) is 0 Å². The maximum Gasteiger partial charge on any atom is 0.276 e. The zero-order chi connectivity index (χ0) is 17.7. The van der Waals surface area contributed by atoms with E-state index in [1.165, 1.54) is 7.11 Å².